The van der Waals surface area contributed by atoms with Gasteiger partial charge in [-0.2, -0.15) is 0 Å². The number of aromatic nitrogens is 2. The molecular weight excluding hydrogens is 164 g/mol. The largest absolute Gasteiger partial charge is 0.253 e. The zero-order valence-electron chi connectivity index (χ0n) is 6.07. The zero-order chi connectivity index (χ0) is 6.81. The molecule has 0 N–H and O–H groups in total. The molecule has 0 spiro atoms. The fourth-order valence-corrected chi connectivity index (χ4v) is 0.910. The molecule has 0 saturated heterocycles. The molecule has 50 valence electrons. The summed E-state index contributed by atoms with van der Waals surface area (Å²) in [5.74, 6) is 0. The van der Waals surface area contributed by atoms with E-state index in [1.807, 2.05) is 24.3 Å². The molecular formula is C8H6CaN2. The Bertz CT molecular complexity index is 283. The van der Waals surface area contributed by atoms with E-state index in [0.29, 0.717) is 0 Å². The van der Waals surface area contributed by atoms with Crippen molar-refractivity contribution in [2.75, 3.05) is 0 Å². The van der Waals surface area contributed by atoms with Crippen molar-refractivity contribution in [3.63, 3.8) is 0 Å². The van der Waals surface area contributed by atoms with Gasteiger partial charge in [-0.05, 0) is 12.1 Å². The van der Waals surface area contributed by atoms with Crippen LogP contribution in [0.2, 0.25) is 0 Å². The summed E-state index contributed by atoms with van der Waals surface area (Å²) in [6, 6.07) is 7.80. The second kappa shape index (κ2) is 4.00. The van der Waals surface area contributed by atoms with Gasteiger partial charge in [-0.25, -0.2) is 0 Å². The maximum Gasteiger partial charge on any atom is 0.0886 e. The first-order valence-corrected chi connectivity index (χ1v) is 3.12. The monoisotopic (exact) mass is 170 g/mol. The summed E-state index contributed by atoms with van der Waals surface area (Å²) in [6.07, 6.45) is 3.39. The molecule has 0 atom stereocenters. The van der Waals surface area contributed by atoms with Crippen LogP contribution in [0.1, 0.15) is 0 Å². The topological polar surface area (TPSA) is 25.8 Å². The van der Waals surface area contributed by atoms with E-state index in [1.54, 1.807) is 12.4 Å². The number of para-hydroxylation sites is 2. The molecule has 0 aliphatic heterocycles. The van der Waals surface area contributed by atoms with E-state index in [-0.39, 0.29) is 37.7 Å². The van der Waals surface area contributed by atoms with Crippen LogP contribution in [0, 0.1) is 0 Å². The minimum Gasteiger partial charge on any atom is -0.253 e. The quantitative estimate of drug-likeness (QED) is 0.556. The molecule has 0 aliphatic carbocycles. The van der Waals surface area contributed by atoms with Gasteiger partial charge < -0.3 is 0 Å². The van der Waals surface area contributed by atoms with Crippen molar-refractivity contribution in [3.8, 4) is 0 Å². The Morgan fingerprint density at radius 3 is 1.73 bits per heavy atom. The van der Waals surface area contributed by atoms with Gasteiger partial charge in [0.1, 0.15) is 0 Å². The first-order chi connectivity index (χ1) is 4.97. The Morgan fingerprint density at radius 2 is 1.27 bits per heavy atom. The number of hydrogen-bond donors (Lipinski definition) is 0. The van der Waals surface area contributed by atoms with Crippen molar-refractivity contribution >= 4 is 48.8 Å². The fourth-order valence-electron chi connectivity index (χ4n) is 0.910. The average Bonchev–Trinajstić information content (AvgIpc) is 2.05. The third-order valence-corrected chi connectivity index (χ3v) is 1.38. The summed E-state index contributed by atoms with van der Waals surface area (Å²) in [7, 11) is 0. The van der Waals surface area contributed by atoms with E-state index >= 15 is 0 Å². The maximum absolute atomic E-state index is 4.12. The molecule has 2 nitrogen and oxygen atoms in total. The van der Waals surface area contributed by atoms with Gasteiger partial charge in [0, 0.05) is 50.1 Å². The molecule has 3 heteroatoms. The van der Waals surface area contributed by atoms with Crippen LogP contribution in [0.4, 0.5) is 0 Å². The second-order valence-corrected chi connectivity index (χ2v) is 2.05. The van der Waals surface area contributed by atoms with Crippen molar-refractivity contribution < 1.29 is 0 Å². The number of rotatable bonds is 0. The fraction of sp³-hybridized carbons (Fsp3) is 0. The summed E-state index contributed by atoms with van der Waals surface area (Å²) in [6.45, 7) is 0. The van der Waals surface area contributed by atoms with E-state index < -0.39 is 0 Å². The van der Waals surface area contributed by atoms with Crippen LogP contribution in [0.25, 0.3) is 11.0 Å². The van der Waals surface area contributed by atoms with Gasteiger partial charge in [0.25, 0.3) is 0 Å². The van der Waals surface area contributed by atoms with E-state index in [1.165, 1.54) is 0 Å². The summed E-state index contributed by atoms with van der Waals surface area (Å²) < 4.78 is 0. The molecule has 0 fully saturated rings. The van der Waals surface area contributed by atoms with Gasteiger partial charge in [0.2, 0.25) is 0 Å². The Balaban J connectivity index is 0.000000605. The van der Waals surface area contributed by atoms with Gasteiger partial charge in [-0.3, -0.25) is 9.97 Å². The van der Waals surface area contributed by atoms with Gasteiger partial charge in [0.15, 0.2) is 0 Å². The summed E-state index contributed by atoms with van der Waals surface area (Å²) in [4.78, 5) is 8.24. The van der Waals surface area contributed by atoms with Crippen molar-refractivity contribution in [1.29, 1.82) is 0 Å². The first kappa shape index (κ1) is 8.91. The SMILES string of the molecule is [Ca].c1ccc2nccnc2c1. The van der Waals surface area contributed by atoms with Gasteiger partial charge in [-0.1, -0.05) is 12.1 Å². The van der Waals surface area contributed by atoms with E-state index in [4.69, 9.17) is 0 Å². The molecule has 0 bridgehead atoms. The van der Waals surface area contributed by atoms with Crippen LogP contribution in [-0.4, -0.2) is 47.7 Å². The standard InChI is InChI=1S/C8H6N2.Ca/c1-2-4-8-7(3-1)9-5-6-10-8;/h1-6H;. The molecule has 2 radical (unpaired) electrons. The van der Waals surface area contributed by atoms with E-state index in [2.05, 4.69) is 9.97 Å². The normalized spacial score (nSPS) is 9.09. The summed E-state index contributed by atoms with van der Waals surface area (Å²) in [5.41, 5.74) is 1.90. The van der Waals surface area contributed by atoms with Crippen LogP contribution in [-0.2, 0) is 0 Å². The molecule has 1 aromatic carbocycles. The Hall–Kier alpha value is -0.180. The van der Waals surface area contributed by atoms with Crippen LogP contribution in [0.15, 0.2) is 36.7 Å². The second-order valence-electron chi connectivity index (χ2n) is 2.05. The minimum atomic E-state index is 0. The summed E-state index contributed by atoms with van der Waals surface area (Å²) in [5, 5.41) is 0. The number of fused-ring (bicyclic) bond motifs is 1. The molecule has 1 aromatic heterocycles. The van der Waals surface area contributed by atoms with Gasteiger partial charge in [0.05, 0.1) is 11.0 Å². The molecule has 2 aromatic rings. The zero-order valence-corrected chi connectivity index (χ0v) is 8.27. The van der Waals surface area contributed by atoms with Crippen LogP contribution in [0.5, 0.6) is 0 Å². The van der Waals surface area contributed by atoms with Crippen LogP contribution < -0.4 is 0 Å². The number of benzene rings is 1. The molecule has 0 aliphatic rings. The van der Waals surface area contributed by atoms with Gasteiger partial charge >= 0.3 is 0 Å². The van der Waals surface area contributed by atoms with E-state index in [9.17, 15) is 0 Å². The molecule has 0 saturated carbocycles. The van der Waals surface area contributed by atoms with Crippen LogP contribution >= 0.6 is 0 Å². The van der Waals surface area contributed by atoms with Crippen molar-refractivity contribution in [2.45, 2.75) is 0 Å². The Labute approximate surface area is 94.7 Å². The number of nitrogens with zero attached hydrogens (tertiary/aromatic N) is 2. The molecule has 11 heavy (non-hydrogen) atoms. The molecule has 0 amide bonds. The predicted octanol–water partition coefficient (Wildman–Crippen LogP) is 1.25. The number of hydrogen-bond acceptors (Lipinski definition) is 2. The Morgan fingerprint density at radius 1 is 0.818 bits per heavy atom. The third-order valence-electron chi connectivity index (χ3n) is 1.38. The van der Waals surface area contributed by atoms with Crippen LogP contribution in [0.3, 0.4) is 0 Å². The molecule has 0 unspecified atom stereocenters. The molecule has 2 rings (SSSR count). The molecule has 1 heterocycles. The minimum absolute atomic E-state index is 0. The third kappa shape index (κ3) is 1.89. The van der Waals surface area contributed by atoms with Crippen molar-refractivity contribution in [2.24, 2.45) is 0 Å². The average molecular weight is 170 g/mol. The Kier molecular flexibility index (Phi) is 3.24. The van der Waals surface area contributed by atoms with Gasteiger partial charge in [-0.15, -0.1) is 0 Å². The summed E-state index contributed by atoms with van der Waals surface area (Å²) >= 11 is 0. The van der Waals surface area contributed by atoms with E-state index in [0.717, 1.165) is 11.0 Å². The predicted molar refractivity (Wildman–Crippen MR) is 45.3 cm³/mol. The smallest absolute Gasteiger partial charge is 0.0886 e. The van der Waals surface area contributed by atoms with Crippen molar-refractivity contribution in [1.82, 2.24) is 9.97 Å². The first-order valence-electron chi connectivity index (χ1n) is 3.12. The maximum atomic E-state index is 4.12. The van der Waals surface area contributed by atoms with Crippen molar-refractivity contribution in [3.05, 3.63) is 36.7 Å².